The van der Waals surface area contributed by atoms with Crippen LogP contribution < -0.4 is 4.74 Å². The van der Waals surface area contributed by atoms with E-state index >= 15 is 0 Å². The van der Waals surface area contributed by atoms with E-state index in [1.807, 2.05) is 54.6 Å². The predicted molar refractivity (Wildman–Crippen MR) is 108 cm³/mol. The number of fused-ring (bicyclic) bond motifs is 5. The summed E-state index contributed by atoms with van der Waals surface area (Å²) in [5.74, 6) is 2.76. The van der Waals surface area contributed by atoms with Crippen molar-refractivity contribution in [3.8, 4) is 17.6 Å². The predicted octanol–water partition coefficient (Wildman–Crippen LogP) is 5.49. The van der Waals surface area contributed by atoms with Gasteiger partial charge in [-0.25, -0.2) is 0 Å². The van der Waals surface area contributed by atoms with Gasteiger partial charge in [0.2, 0.25) is 0 Å². The molecule has 0 radical (unpaired) electrons. The molecule has 2 aromatic rings. The van der Waals surface area contributed by atoms with Crippen LogP contribution in [0.3, 0.4) is 0 Å². The molecule has 5 unspecified atom stereocenters. The molecule has 0 N–H and O–H groups in total. The van der Waals surface area contributed by atoms with E-state index in [-0.39, 0.29) is 18.5 Å². The van der Waals surface area contributed by atoms with Crippen LogP contribution in [-0.4, -0.2) is 5.97 Å². The molecular weight excluding hydrogens is 362 g/mol. The summed E-state index contributed by atoms with van der Waals surface area (Å²) in [4.78, 5) is 13.3. The molecule has 148 valence electrons. The number of benzene rings is 2. The fourth-order valence-corrected chi connectivity index (χ4v) is 6.20. The van der Waals surface area contributed by atoms with Gasteiger partial charge in [-0.1, -0.05) is 30.3 Å². The second-order valence-corrected chi connectivity index (χ2v) is 8.82. The Bertz CT molecular complexity index is 950. The van der Waals surface area contributed by atoms with Gasteiger partial charge in [0.05, 0.1) is 11.5 Å². The molecule has 5 atom stereocenters. The Hall–Kier alpha value is -2.80. The standard InChI is InChI=1S/C25H25NO3/c26-15-18-12-23-19-9-10-20(13-19)25(23,14-18)24(27)28-16-17-5-4-8-22(11-17)29-21-6-2-1-3-7-21/h1-8,11,18-20,23H,9-10,12-14,16H2. The summed E-state index contributed by atoms with van der Waals surface area (Å²) < 4.78 is 11.7. The number of rotatable bonds is 5. The summed E-state index contributed by atoms with van der Waals surface area (Å²) in [6, 6.07) is 19.7. The van der Waals surface area contributed by atoms with Crippen molar-refractivity contribution >= 4 is 5.97 Å². The average Bonchev–Trinajstić information content (AvgIpc) is 3.45. The number of nitrogens with zero attached hydrogens (tertiary/aromatic N) is 1. The Labute approximate surface area is 171 Å². The van der Waals surface area contributed by atoms with E-state index in [1.54, 1.807) is 0 Å². The van der Waals surface area contributed by atoms with Crippen molar-refractivity contribution in [3.05, 3.63) is 60.2 Å². The largest absolute Gasteiger partial charge is 0.460 e. The van der Waals surface area contributed by atoms with Crippen molar-refractivity contribution in [2.24, 2.45) is 29.1 Å². The minimum absolute atomic E-state index is 0.00134. The molecule has 0 heterocycles. The van der Waals surface area contributed by atoms with Crippen LogP contribution in [0.4, 0.5) is 0 Å². The molecule has 3 saturated carbocycles. The molecule has 3 fully saturated rings. The Kier molecular flexibility index (Phi) is 4.54. The van der Waals surface area contributed by atoms with E-state index in [1.165, 1.54) is 6.42 Å². The zero-order valence-electron chi connectivity index (χ0n) is 16.4. The van der Waals surface area contributed by atoms with Crippen LogP contribution >= 0.6 is 0 Å². The normalized spacial score (nSPS) is 31.8. The topological polar surface area (TPSA) is 59.3 Å². The first-order valence-corrected chi connectivity index (χ1v) is 10.6. The highest BCUT2D eigenvalue weighted by molar-refractivity contribution is 5.79. The van der Waals surface area contributed by atoms with Gasteiger partial charge in [0, 0.05) is 5.92 Å². The maximum absolute atomic E-state index is 13.3. The number of esters is 1. The first-order chi connectivity index (χ1) is 14.2. The molecule has 0 amide bonds. The summed E-state index contributed by atoms with van der Waals surface area (Å²) in [5.41, 5.74) is 0.499. The van der Waals surface area contributed by atoms with Gasteiger partial charge in [0.15, 0.2) is 0 Å². The zero-order chi connectivity index (χ0) is 19.8. The highest BCUT2D eigenvalue weighted by Crippen LogP contribution is 2.67. The summed E-state index contributed by atoms with van der Waals surface area (Å²) in [7, 11) is 0. The molecule has 29 heavy (non-hydrogen) atoms. The van der Waals surface area contributed by atoms with Gasteiger partial charge in [-0.2, -0.15) is 5.26 Å². The average molecular weight is 387 g/mol. The maximum atomic E-state index is 13.3. The van der Waals surface area contributed by atoms with Gasteiger partial charge in [0.1, 0.15) is 18.1 Å². The van der Waals surface area contributed by atoms with Crippen LogP contribution in [0, 0.1) is 40.4 Å². The lowest BCUT2D eigenvalue weighted by Crippen LogP contribution is -2.41. The molecule has 3 aliphatic carbocycles. The van der Waals surface area contributed by atoms with E-state index in [2.05, 4.69) is 6.07 Å². The molecule has 0 aliphatic heterocycles. The lowest BCUT2D eigenvalue weighted by molar-refractivity contribution is -0.163. The molecule has 4 nitrogen and oxygen atoms in total. The number of nitriles is 1. The molecular formula is C25H25NO3. The van der Waals surface area contributed by atoms with Crippen LogP contribution in [0.15, 0.2) is 54.6 Å². The van der Waals surface area contributed by atoms with Crippen LogP contribution in [0.5, 0.6) is 11.5 Å². The quantitative estimate of drug-likeness (QED) is 0.637. The maximum Gasteiger partial charge on any atom is 0.313 e. The van der Waals surface area contributed by atoms with Crippen LogP contribution in [0.1, 0.15) is 37.7 Å². The first kappa shape index (κ1) is 18.2. The molecule has 0 aromatic heterocycles. The lowest BCUT2D eigenvalue weighted by atomic mass is 9.68. The Morgan fingerprint density at radius 1 is 1.07 bits per heavy atom. The minimum Gasteiger partial charge on any atom is -0.460 e. The van der Waals surface area contributed by atoms with E-state index in [0.717, 1.165) is 36.3 Å². The number of para-hydroxylation sites is 1. The second-order valence-electron chi connectivity index (χ2n) is 8.82. The number of hydrogen-bond donors (Lipinski definition) is 0. The lowest BCUT2D eigenvalue weighted by Gasteiger charge is -2.36. The van der Waals surface area contributed by atoms with Crippen LogP contribution in [-0.2, 0) is 16.1 Å². The van der Waals surface area contributed by atoms with Crippen LogP contribution in [0.2, 0.25) is 0 Å². The Morgan fingerprint density at radius 3 is 2.72 bits per heavy atom. The van der Waals surface area contributed by atoms with Gasteiger partial charge >= 0.3 is 5.97 Å². The van der Waals surface area contributed by atoms with Crippen molar-refractivity contribution in [1.29, 1.82) is 5.26 Å². The zero-order valence-corrected chi connectivity index (χ0v) is 16.4. The van der Waals surface area contributed by atoms with Crippen LogP contribution in [0.25, 0.3) is 0 Å². The van der Waals surface area contributed by atoms with E-state index < -0.39 is 5.41 Å². The van der Waals surface area contributed by atoms with Crippen molar-refractivity contribution in [1.82, 2.24) is 0 Å². The van der Waals surface area contributed by atoms with E-state index in [0.29, 0.717) is 24.2 Å². The molecule has 0 saturated heterocycles. The number of ether oxygens (including phenoxy) is 2. The van der Waals surface area contributed by atoms with Gasteiger partial charge < -0.3 is 9.47 Å². The SMILES string of the molecule is N#CC1CC2C3CCC(C3)C2(C(=O)OCc2cccc(Oc3ccccc3)c2)C1. The third-order valence-corrected chi connectivity index (χ3v) is 7.36. The fourth-order valence-electron chi connectivity index (χ4n) is 6.20. The first-order valence-electron chi connectivity index (χ1n) is 10.6. The smallest absolute Gasteiger partial charge is 0.313 e. The second kappa shape index (κ2) is 7.22. The third-order valence-electron chi connectivity index (χ3n) is 7.36. The van der Waals surface area contributed by atoms with E-state index in [9.17, 15) is 10.1 Å². The summed E-state index contributed by atoms with van der Waals surface area (Å²) >= 11 is 0. The number of hydrogen-bond acceptors (Lipinski definition) is 4. The number of carbonyl (C=O) groups excluding carboxylic acids is 1. The van der Waals surface area contributed by atoms with E-state index in [4.69, 9.17) is 9.47 Å². The van der Waals surface area contributed by atoms with Crippen molar-refractivity contribution in [2.45, 2.75) is 38.7 Å². The highest BCUT2D eigenvalue weighted by atomic mass is 16.5. The molecule has 5 rings (SSSR count). The number of carbonyl (C=O) groups is 1. The Balaban J connectivity index is 1.29. The fraction of sp³-hybridized carbons (Fsp3) is 0.440. The minimum atomic E-state index is -0.415. The molecule has 2 bridgehead atoms. The highest BCUT2D eigenvalue weighted by Gasteiger charge is 2.66. The Morgan fingerprint density at radius 2 is 1.90 bits per heavy atom. The molecule has 2 aromatic carbocycles. The van der Waals surface area contributed by atoms with Gasteiger partial charge in [-0.15, -0.1) is 0 Å². The molecule has 3 aliphatic rings. The van der Waals surface area contributed by atoms with Crippen molar-refractivity contribution < 1.29 is 14.3 Å². The summed E-state index contributed by atoms with van der Waals surface area (Å²) in [6.45, 7) is 0.244. The van der Waals surface area contributed by atoms with Gasteiger partial charge in [-0.05, 0) is 79.7 Å². The monoisotopic (exact) mass is 387 g/mol. The summed E-state index contributed by atoms with van der Waals surface area (Å²) in [5, 5.41) is 9.45. The van der Waals surface area contributed by atoms with Crippen molar-refractivity contribution in [3.63, 3.8) is 0 Å². The summed E-state index contributed by atoms with van der Waals surface area (Å²) in [6.07, 6.45) is 5.01. The molecule has 4 heteroatoms. The van der Waals surface area contributed by atoms with Gasteiger partial charge in [-0.3, -0.25) is 4.79 Å². The molecule has 0 spiro atoms. The van der Waals surface area contributed by atoms with Crippen molar-refractivity contribution in [2.75, 3.05) is 0 Å². The third kappa shape index (κ3) is 3.09. The van der Waals surface area contributed by atoms with Gasteiger partial charge in [0.25, 0.3) is 0 Å².